The highest BCUT2D eigenvalue weighted by Crippen LogP contribution is 2.35. The van der Waals surface area contributed by atoms with Crippen LogP contribution in [-0.4, -0.2) is 18.0 Å². The highest BCUT2D eigenvalue weighted by molar-refractivity contribution is 5.85. The second kappa shape index (κ2) is 6.18. The normalized spacial score (nSPS) is 16.2. The Kier molecular flexibility index (Phi) is 4.09. The number of aryl methyl sites for hydroxylation is 2. The van der Waals surface area contributed by atoms with Crippen molar-refractivity contribution in [2.75, 3.05) is 7.11 Å². The zero-order chi connectivity index (χ0) is 15.5. The molecule has 3 rings (SSSR count). The molecule has 1 atom stereocenters. The maximum absolute atomic E-state index is 12.5. The molecular formula is C18H20N2O2. The molecule has 0 bridgehead atoms. The van der Waals surface area contributed by atoms with Crippen molar-refractivity contribution in [3.63, 3.8) is 0 Å². The van der Waals surface area contributed by atoms with E-state index in [1.807, 2.05) is 31.3 Å². The number of ether oxygens (including phenoxy) is 1. The van der Waals surface area contributed by atoms with Gasteiger partial charge < -0.3 is 10.1 Å². The van der Waals surface area contributed by atoms with Gasteiger partial charge in [0.25, 0.3) is 0 Å². The summed E-state index contributed by atoms with van der Waals surface area (Å²) >= 11 is 0. The number of carbonyl (C=O) groups is 1. The van der Waals surface area contributed by atoms with Crippen molar-refractivity contribution in [1.82, 2.24) is 10.3 Å². The smallest absolute Gasteiger partial charge is 0.227 e. The highest BCUT2D eigenvalue weighted by atomic mass is 16.5. The number of methoxy groups -OCH3 is 1. The van der Waals surface area contributed by atoms with Crippen LogP contribution < -0.4 is 10.1 Å². The molecule has 1 unspecified atom stereocenters. The van der Waals surface area contributed by atoms with Crippen molar-refractivity contribution in [2.45, 2.75) is 32.2 Å². The lowest BCUT2D eigenvalue weighted by molar-refractivity contribution is -0.122. The highest BCUT2D eigenvalue weighted by Gasteiger charge is 2.28. The first-order chi connectivity index (χ1) is 10.7. The topological polar surface area (TPSA) is 51.2 Å². The van der Waals surface area contributed by atoms with E-state index in [-0.39, 0.29) is 11.8 Å². The average Bonchev–Trinajstić information content (AvgIpc) is 2.96. The molecule has 0 aliphatic heterocycles. The van der Waals surface area contributed by atoms with E-state index < -0.39 is 0 Å². The van der Waals surface area contributed by atoms with Crippen LogP contribution in [0.4, 0.5) is 0 Å². The number of fused-ring (bicyclic) bond motifs is 1. The fourth-order valence-electron chi connectivity index (χ4n) is 2.99. The molecule has 1 aliphatic carbocycles. The molecule has 0 saturated carbocycles. The average molecular weight is 296 g/mol. The first-order valence-corrected chi connectivity index (χ1v) is 7.53. The summed E-state index contributed by atoms with van der Waals surface area (Å²) in [6, 6.07) is 7.96. The van der Waals surface area contributed by atoms with E-state index in [1.165, 1.54) is 5.56 Å². The lowest BCUT2D eigenvalue weighted by Crippen LogP contribution is -2.28. The minimum absolute atomic E-state index is 0.0766. The summed E-state index contributed by atoms with van der Waals surface area (Å²) in [6.07, 6.45) is 5.39. The summed E-state index contributed by atoms with van der Waals surface area (Å²) in [5.41, 5.74) is 4.55. The Hall–Kier alpha value is -2.36. The van der Waals surface area contributed by atoms with Crippen LogP contribution in [0.2, 0.25) is 0 Å². The molecule has 0 fully saturated rings. The molecule has 1 aliphatic rings. The number of hydrogen-bond acceptors (Lipinski definition) is 3. The second-order valence-corrected chi connectivity index (χ2v) is 5.68. The maximum Gasteiger partial charge on any atom is 0.227 e. The van der Waals surface area contributed by atoms with Crippen LogP contribution in [0.15, 0.2) is 36.7 Å². The molecule has 2 aromatic rings. The van der Waals surface area contributed by atoms with Crippen LogP contribution in [-0.2, 0) is 17.8 Å². The Labute approximate surface area is 130 Å². The van der Waals surface area contributed by atoms with Crippen LogP contribution in [0, 0.1) is 6.92 Å². The zero-order valence-corrected chi connectivity index (χ0v) is 12.9. The third kappa shape index (κ3) is 2.82. The van der Waals surface area contributed by atoms with E-state index >= 15 is 0 Å². The van der Waals surface area contributed by atoms with E-state index in [0.717, 1.165) is 35.3 Å². The Morgan fingerprint density at radius 2 is 2.27 bits per heavy atom. The number of aromatic nitrogens is 1. The molecule has 4 heteroatoms. The predicted molar refractivity (Wildman–Crippen MR) is 84.9 cm³/mol. The minimum atomic E-state index is -0.0766. The number of nitrogens with one attached hydrogen (secondary N) is 1. The molecule has 1 amide bonds. The SMILES string of the molecule is COc1ccc2c(c1)C(C(=O)NCc1ccncc1C)CC2. The van der Waals surface area contributed by atoms with Crippen LogP contribution in [0.1, 0.15) is 34.6 Å². The largest absolute Gasteiger partial charge is 0.497 e. The van der Waals surface area contributed by atoms with Crippen LogP contribution in [0.3, 0.4) is 0 Å². The van der Waals surface area contributed by atoms with Gasteiger partial charge in [-0.05, 0) is 60.2 Å². The Morgan fingerprint density at radius 3 is 3.05 bits per heavy atom. The van der Waals surface area contributed by atoms with Crippen LogP contribution in [0.25, 0.3) is 0 Å². The van der Waals surface area contributed by atoms with E-state index in [2.05, 4.69) is 16.4 Å². The summed E-state index contributed by atoms with van der Waals surface area (Å²) in [5, 5.41) is 3.05. The van der Waals surface area contributed by atoms with Crippen molar-refractivity contribution in [1.29, 1.82) is 0 Å². The number of amides is 1. The number of nitrogens with zero attached hydrogens (tertiary/aromatic N) is 1. The first kappa shape index (κ1) is 14.6. The monoisotopic (exact) mass is 296 g/mol. The van der Waals surface area contributed by atoms with Crippen molar-refractivity contribution in [3.05, 3.63) is 58.9 Å². The van der Waals surface area contributed by atoms with Gasteiger partial charge in [0.2, 0.25) is 5.91 Å². The second-order valence-electron chi connectivity index (χ2n) is 5.68. The van der Waals surface area contributed by atoms with Gasteiger partial charge in [-0.25, -0.2) is 0 Å². The van der Waals surface area contributed by atoms with E-state index in [9.17, 15) is 4.79 Å². The third-order valence-electron chi connectivity index (χ3n) is 4.34. The standard InChI is InChI=1S/C18H20N2O2/c1-12-10-19-8-7-14(12)11-20-18(21)16-6-4-13-3-5-15(22-2)9-17(13)16/h3,5,7-10,16H,4,6,11H2,1-2H3,(H,20,21). The fraction of sp³-hybridized carbons (Fsp3) is 0.333. The quantitative estimate of drug-likeness (QED) is 0.944. The molecule has 114 valence electrons. The van der Waals surface area contributed by atoms with Crippen molar-refractivity contribution in [3.8, 4) is 5.75 Å². The summed E-state index contributed by atoms with van der Waals surface area (Å²) < 4.78 is 5.27. The Balaban J connectivity index is 1.71. The molecule has 0 saturated heterocycles. The van der Waals surface area contributed by atoms with Gasteiger partial charge >= 0.3 is 0 Å². The summed E-state index contributed by atoms with van der Waals surface area (Å²) in [6.45, 7) is 2.55. The van der Waals surface area contributed by atoms with Crippen LogP contribution in [0.5, 0.6) is 5.75 Å². The Morgan fingerprint density at radius 1 is 1.41 bits per heavy atom. The van der Waals surface area contributed by atoms with Crippen molar-refractivity contribution in [2.24, 2.45) is 0 Å². The van der Waals surface area contributed by atoms with Gasteiger partial charge in [-0.2, -0.15) is 0 Å². The summed E-state index contributed by atoms with van der Waals surface area (Å²) in [7, 11) is 1.65. The molecule has 0 radical (unpaired) electrons. The van der Waals surface area contributed by atoms with Gasteiger partial charge in [-0.3, -0.25) is 9.78 Å². The number of rotatable bonds is 4. The molecular weight excluding hydrogens is 276 g/mol. The van der Waals surface area contributed by atoms with Gasteiger partial charge in [-0.1, -0.05) is 6.07 Å². The summed E-state index contributed by atoms with van der Waals surface area (Å²) in [4.78, 5) is 16.6. The number of carbonyl (C=O) groups excluding carboxylic acids is 1. The third-order valence-corrected chi connectivity index (χ3v) is 4.34. The minimum Gasteiger partial charge on any atom is -0.497 e. The maximum atomic E-state index is 12.5. The molecule has 1 aromatic carbocycles. The number of benzene rings is 1. The van der Waals surface area contributed by atoms with Gasteiger partial charge in [0, 0.05) is 18.9 Å². The van der Waals surface area contributed by atoms with Gasteiger partial charge in [0.05, 0.1) is 13.0 Å². The summed E-state index contributed by atoms with van der Waals surface area (Å²) in [5.74, 6) is 0.818. The molecule has 4 nitrogen and oxygen atoms in total. The number of hydrogen-bond donors (Lipinski definition) is 1. The lowest BCUT2D eigenvalue weighted by Gasteiger charge is -2.14. The molecule has 22 heavy (non-hydrogen) atoms. The van der Waals surface area contributed by atoms with Gasteiger partial charge in [-0.15, -0.1) is 0 Å². The molecule has 1 aromatic heterocycles. The zero-order valence-electron chi connectivity index (χ0n) is 12.9. The van der Waals surface area contributed by atoms with E-state index in [4.69, 9.17) is 4.74 Å². The molecule has 1 N–H and O–H groups in total. The van der Waals surface area contributed by atoms with Crippen LogP contribution >= 0.6 is 0 Å². The van der Waals surface area contributed by atoms with E-state index in [1.54, 1.807) is 13.3 Å². The number of pyridine rings is 1. The van der Waals surface area contributed by atoms with Gasteiger partial charge in [0.15, 0.2) is 0 Å². The molecule has 0 spiro atoms. The predicted octanol–water partition coefficient (Wildman–Crippen LogP) is 2.74. The Bertz CT molecular complexity index is 697. The fourth-order valence-corrected chi connectivity index (χ4v) is 2.99. The van der Waals surface area contributed by atoms with E-state index in [0.29, 0.717) is 6.54 Å². The lowest BCUT2D eigenvalue weighted by atomic mass is 10.00. The van der Waals surface area contributed by atoms with Crippen molar-refractivity contribution >= 4 is 5.91 Å². The van der Waals surface area contributed by atoms with Gasteiger partial charge in [0.1, 0.15) is 5.75 Å². The molecule has 1 heterocycles. The first-order valence-electron chi connectivity index (χ1n) is 7.53. The van der Waals surface area contributed by atoms with Crippen molar-refractivity contribution < 1.29 is 9.53 Å².